The average molecular weight is 490 g/mol. The molecule has 4 heterocycles. The van der Waals surface area contributed by atoms with Crippen molar-refractivity contribution in [2.75, 3.05) is 36.4 Å². The van der Waals surface area contributed by atoms with Gasteiger partial charge in [0.2, 0.25) is 0 Å². The lowest BCUT2D eigenvalue weighted by Crippen LogP contribution is -2.49. The summed E-state index contributed by atoms with van der Waals surface area (Å²) in [4.78, 5) is 44.3. The van der Waals surface area contributed by atoms with Crippen LogP contribution in [-0.2, 0) is 0 Å². The van der Waals surface area contributed by atoms with Crippen LogP contribution in [0.25, 0.3) is 10.9 Å². The number of Topliss-reactive ketones (excluding diaryl/α,β-unsaturated/α-hetero) is 1. The van der Waals surface area contributed by atoms with Gasteiger partial charge in [0.15, 0.2) is 5.78 Å². The summed E-state index contributed by atoms with van der Waals surface area (Å²) in [6, 6.07) is 2.55. The van der Waals surface area contributed by atoms with Gasteiger partial charge in [0.1, 0.15) is 17.5 Å². The highest BCUT2D eigenvalue weighted by Crippen LogP contribution is 2.33. The highest BCUT2D eigenvalue weighted by Gasteiger charge is 2.25. The number of anilines is 3. The maximum Gasteiger partial charge on any atom is 0.262 e. The number of nitrogens with one attached hydrogen (secondary N) is 1. The Balaban J connectivity index is 1.42. The number of hydrogen-bond donors (Lipinski definition) is 1. The maximum atomic E-state index is 13.4. The van der Waals surface area contributed by atoms with E-state index in [1.807, 2.05) is 17.6 Å². The second-order valence-electron chi connectivity index (χ2n) is 10.3. The molecule has 0 aromatic carbocycles. The fourth-order valence-corrected chi connectivity index (χ4v) is 5.61. The van der Waals surface area contributed by atoms with Gasteiger partial charge in [-0.1, -0.05) is 12.8 Å². The van der Waals surface area contributed by atoms with Crippen molar-refractivity contribution in [3.05, 3.63) is 46.1 Å². The normalized spacial score (nSPS) is 17.3. The molecule has 3 aromatic rings. The minimum atomic E-state index is -0.200. The first-order valence-corrected chi connectivity index (χ1v) is 13.0. The Morgan fingerprint density at radius 1 is 1.00 bits per heavy atom. The Morgan fingerprint density at radius 2 is 1.69 bits per heavy atom. The summed E-state index contributed by atoms with van der Waals surface area (Å²) in [5.74, 6) is 1.86. The van der Waals surface area contributed by atoms with Crippen LogP contribution in [0.5, 0.6) is 0 Å². The third-order valence-electron chi connectivity index (χ3n) is 7.66. The Kier molecular flexibility index (Phi) is 6.75. The smallest absolute Gasteiger partial charge is 0.262 e. The van der Waals surface area contributed by atoms with Crippen molar-refractivity contribution in [2.24, 2.45) is 0 Å². The number of piperazine rings is 1. The Bertz CT molecular complexity index is 1320. The molecule has 3 aromatic heterocycles. The first kappa shape index (κ1) is 24.4. The Labute approximate surface area is 211 Å². The fraction of sp³-hybridized carbons (Fsp3) is 0.519. The van der Waals surface area contributed by atoms with Crippen molar-refractivity contribution in [3.8, 4) is 0 Å². The van der Waals surface area contributed by atoms with Crippen molar-refractivity contribution in [1.82, 2.24) is 24.4 Å². The molecule has 9 heteroatoms. The van der Waals surface area contributed by atoms with Crippen LogP contribution >= 0.6 is 0 Å². The Hall–Kier alpha value is -3.33. The van der Waals surface area contributed by atoms with Gasteiger partial charge in [0, 0.05) is 55.9 Å². The van der Waals surface area contributed by atoms with Crippen LogP contribution < -0.4 is 15.8 Å². The van der Waals surface area contributed by atoms with Crippen LogP contribution in [0.4, 0.5) is 17.5 Å². The first-order valence-electron chi connectivity index (χ1n) is 13.0. The molecule has 0 spiro atoms. The number of hydrogen-bond acceptors (Lipinski definition) is 8. The predicted molar refractivity (Wildman–Crippen MR) is 142 cm³/mol. The molecule has 36 heavy (non-hydrogen) atoms. The topological polar surface area (TPSA) is 96.2 Å². The highest BCUT2D eigenvalue weighted by molar-refractivity contribution is 6.00. The fourth-order valence-electron chi connectivity index (χ4n) is 5.61. The second-order valence-corrected chi connectivity index (χ2v) is 10.3. The second kappa shape index (κ2) is 9.97. The summed E-state index contributed by atoms with van der Waals surface area (Å²) >= 11 is 0. The molecular formula is C27H35N7O2. The lowest BCUT2D eigenvalue weighted by atomic mass is 10.0. The van der Waals surface area contributed by atoms with E-state index >= 15 is 0 Å². The van der Waals surface area contributed by atoms with E-state index in [1.165, 1.54) is 6.92 Å². The molecule has 0 radical (unpaired) electrons. The van der Waals surface area contributed by atoms with Crippen molar-refractivity contribution in [1.29, 1.82) is 0 Å². The number of rotatable bonds is 6. The van der Waals surface area contributed by atoms with Crippen LogP contribution in [-0.4, -0.2) is 62.4 Å². The lowest BCUT2D eigenvalue weighted by molar-refractivity contribution is 0.101. The molecular weight excluding hydrogens is 454 g/mol. The van der Waals surface area contributed by atoms with Crippen LogP contribution in [0.2, 0.25) is 0 Å². The predicted octanol–water partition coefficient (Wildman–Crippen LogP) is 4.09. The number of nitrogens with zero attached hydrogens (tertiary/aromatic N) is 6. The standard InChI is InChI=1S/C27H35N7O2/c1-17(2)32-9-11-33(12-10-32)25-16-29-24(15-30-25)31-23-13-22-21(14-28-23)18(3)26(19(4)35)27(36)34(22)20-7-5-6-8-20/h13-17,20H,5-12H2,1-4H3,(H,28,29,31). The Morgan fingerprint density at radius 3 is 2.31 bits per heavy atom. The molecule has 1 aliphatic carbocycles. The zero-order valence-corrected chi connectivity index (χ0v) is 21.6. The summed E-state index contributed by atoms with van der Waals surface area (Å²) in [7, 11) is 0. The summed E-state index contributed by atoms with van der Waals surface area (Å²) in [5, 5.41) is 4.08. The van der Waals surface area contributed by atoms with Gasteiger partial charge in [0.25, 0.3) is 5.56 Å². The van der Waals surface area contributed by atoms with Gasteiger partial charge in [0.05, 0.1) is 23.5 Å². The maximum absolute atomic E-state index is 13.4. The summed E-state index contributed by atoms with van der Waals surface area (Å²) in [6.07, 6.45) is 9.34. The van der Waals surface area contributed by atoms with Crippen LogP contribution in [0.15, 0.2) is 29.5 Å². The first-order chi connectivity index (χ1) is 17.3. The number of ketones is 1. The molecule has 1 N–H and O–H groups in total. The van der Waals surface area contributed by atoms with E-state index in [1.54, 1.807) is 18.6 Å². The van der Waals surface area contributed by atoms with Crippen molar-refractivity contribution >= 4 is 34.1 Å². The summed E-state index contributed by atoms with van der Waals surface area (Å²) in [5.41, 5.74) is 1.57. The molecule has 1 aliphatic heterocycles. The van der Waals surface area contributed by atoms with E-state index in [0.717, 1.165) is 68.6 Å². The van der Waals surface area contributed by atoms with E-state index < -0.39 is 0 Å². The van der Waals surface area contributed by atoms with Crippen LogP contribution in [0.3, 0.4) is 0 Å². The number of carbonyl (C=O) groups is 1. The van der Waals surface area contributed by atoms with Gasteiger partial charge >= 0.3 is 0 Å². The molecule has 1 saturated heterocycles. The SMILES string of the molecule is CC(=O)c1c(C)c2cnc(Nc3cnc(N4CCN(C(C)C)CC4)cn3)cc2n(C2CCCC2)c1=O. The number of aryl methyl sites for hydroxylation is 1. The van der Waals surface area contributed by atoms with Crippen molar-refractivity contribution < 1.29 is 4.79 Å². The number of fused-ring (bicyclic) bond motifs is 1. The van der Waals surface area contributed by atoms with E-state index in [2.05, 4.69) is 43.9 Å². The van der Waals surface area contributed by atoms with Gasteiger partial charge in [-0.3, -0.25) is 14.5 Å². The zero-order chi connectivity index (χ0) is 25.4. The third-order valence-corrected chi connectivity index (χ3v) is 7.66. The van der Waals surface area contributed by atoms with Gasteiger partial charge in [-0.2, -0.15) is 0 Å². The third kappa shape index (κ3) is 4.59. The van der Waals surface area contributed by atoms with Gasteiger partial charge < -0.3 is 14.8 Å². The summed E-state index contributed by atoms with van der Waals surface area (Å²) in [6.45, 7) is 11.7. The van der Waals surface area contributed by atoms with Gasteiger partial charge in [-0.05, 0) is 46.1 Å². The van der Waals surface area contributed by atoms with Crippen LogP contribution in [0, 0.1) is 6.92 Å². The molecule has 2 aliphatic rings. The molecule has 9 nitrogen and oxygen atoms in total. The molecule has 190 valence electrons. The average Bonchev–Trinajstić information content (AvgIpc) is 3.39. The molecule has 0 amide bonds. The lowest BCUT2D eigenvalue weighted by Gasteiger charge is -2.37. The largest absolute Gasteiger partial charge is 0.353 e. The van der Waals surface area contributed by atoms with E-state index in [9.17, 15) is 9.59 Å². The van der Waals surface area contributed by atoms with E-state index in [4.69, 9.17) is 0 Å². The molecule has 5 rings (SSSR count). The molecule has 2 fully saturated rings. The summed E-state index contributed by atoms with van der Waals surface area (Å²) < 4.78 is 1.82. The molecule has 0 bridgehead atoms. The zero-order valence-electron chi connectivity index (χ0n) is 21.6. The minimum Gasteiger partial charge on any atom is -0.353 e. The number of aromatic nitrogens is 4. The molecule has 0 atom stereocenters. The minimum absolute atomic E-state index is 0.101. The monoisotopic (exact) mass is 489 g/mol. The van der Waals surface area contributed by atoms with E-state index in [-0.39, 0.29) is 22.9 Å². The molecule has 0 unspecified atom stereocenters. The quantitative estimate of drug-likeness (QED) is 0.518. The number of carbonyl (C=O) groups excluding carboxylic acids is 1. The number of pyridine rings is 2. The van der Waals surface area contributed by atoms with Gasteiger partial charge in [-0.15, -0.1) is 0 Å². The van der Waals surface area contributed by atoms with E-state index in [0.29, 0.717) is 23.2 Å². The van der Waals surface area contributed by atoms with Gasteiger partial charge in [-0.25, -0.2) is 15.0 Å². The molecule has 1 saturated carbocycles. The highest BCUT2D eigenvalue weighted by atomic mass is 16.1. The van der Waals surface area contributed by atoms with Crippen molar-refractivity contribution in [3.63, 3.8) is 0 Å². The van der Waals surface area contributed by atoms with Crippen molar-refractivity contribution in [2.45, 2.75) is 65.5 Å². The van der Waals surface area contributed by atoms with Crippen LogP contribution in [0.1, 0.15) is 68.4 Å².